The molecule has 6 saturated heterocycles. The molecule has 0 saturated carbocycles. The summed E-state index contributed by atoms with van der Waals surface area (Å²) in [4.78, 5) is 35.0. The van der Waals surface area contributed by atoms with Gasteiger partial charge < -0.3 is 125 Å². The van der Waals surface area contributed by atoms with Crippen molar-refractivity contribution in [1.29, 1.82) is 0 Å². The number of primary amides is 1. The molecule has 6 fully saturated rings. The second-order valence-electron chi connectivity index (χ2n) is 12.8. The number of ether oxygens (including phenoxy) is 8. The molecule has 59 heavy (non-hydrogen) atoms. The maximum absolute atomic E-state index is 10.8. The van der Waals surface area contributed by atoms with E-state index in [9.17, 15) is 65.8 Å². The van der Waals surface area contributed by atoms with Gasteiger partial charge in [0.25, 0.3) is 0 Å². The van der Waals surface area contributed by atoms with Gasteiger partial charge in [-0.05, 0) is 4.57 Å². The van der Waals surface area contributed by atoms with Crippen LogP contribution in [0.3, 0.4) is 0 Å². The maximum Gasteiger partial charge on any atom is 0.521 e. The van der Waals surface area contributed by atoms with Gasteiger partial charge in [-0.3, -0.25) is 9.32 Å². The average Bonchev–Trinajstić information content (AvgIpc) is 3.68. The van der Waals surface area contributed by atoms with E-state index in [1.165, 1.54) is 0 Å². The molecule has 0 aromatic rings. The number of carbonyl (C=O) groups is 1. The molecule has 6 rings (SSSR count). The standard InChI is InChI=1S/C12H21O14P.C12H20O11.CH3NO.CH4.HO4P.H2/c13-5-3(2-23-27(19,20)21)24-10(7(15)6(5)14)26-8-4-1-22-9(8)12(17,18)11(16)25-4;13-1-3-5(14)6(15)7(16)10(21-3)23-8-4-2-20-9(8)12(18,19)11(17)22-4;2-1-3;;1-4-5(2)3;/h3-11,13-18H,1-2H2,(H2,19,20,21);3-11,13-19H,1-2H2;1H,(H2,2,3);1H4;1H;1H/t2*3?,4?,5-,6-,7?,8+,9-,10-,11+;;;;/m00..../s1. The zero-order valence-electron chi connectivity index (χ0n) is 29.1. The van der Waals surface area contributed by atoms with Crippen molar-refractivity contribution >= 4 is 22.5 Å². The van der Waals surface area contributed by atoms with Crippen molar-refractivity contribution in [3.63, 3.8) is 0 Å². The minimum absolute atomic E-state index is 0. The van der Waals surface area contributed by atoms with Gasteiger partial charge in [0, 0.05) is 6.10 Å². The molecule has 4 bridgehead atoms. The van der Waals surface area contributed by atoms with E-state index < -0.39 is 151 Å². The number of hydrogen-bond acceptors (Lipinski definition) is 28. The second kappa shape index (κ2) is 22.4. The first-order chi connectivity index (χ1) is 26.9. The predicted octanol–water partition coefficient (Wildman–Crippen LogP) is -10.5. The molecule has 0 aliphatic carbocycles. The Bertz CT molecular complexity index is 1370. The highest BCUT2D eigenvalue weighted by molar-refractivity contribution is 7.46. The number of phosphoric acid groups is 1. The van der Waals surface area contributed by atoms with E-state index in [1.807, 2.05) is 0 Å². The van der Waals surface area contributed by atoms with Gasteiger partial charge in [-0.2, -0.15) is 0 Å². The molecular formula is C26H51NO30P2. The first kappa shape index (κ1) is 53.9. The van der Waals surface area contributed by atoms with Crippen LogP contribution in [0.15, 0.2) is 0 Å². The predicted molar refractivity (Wildman–Crippen MR) is 174 cm³/mol. The third kappa shape index (κ3) is 12.9. The fourth-order valence-corrected chi connectivity index (χ4v) is 6.43. The fourth-order valence-electron chi connectivity index (χ4n) is 6.09. The van der Waals surface area contributed by atoms with Crippen molar-refractivity contribution < 1.29 is 149 Å². The van der Waals surface area contributed by atoms with Crippen molar-refractivity contribution in [2.75, 3.05) is 26.4 Å². The molecule has 6 aliphatic heterocycles. The van der Waals surface area contributed by atoms with Crippen LogP contribution in [0, 0.1) is 0 Å². The van der Waals surface area contributed by atoms with Crippen LogP contribution in [0.25, 0.3) is 0 Å². The molecule has 18 N–H and O–H groups in total. The smallest absolute Gasteiger partial charge is 0.521 e. The highest BCUT2D eigenvalue weighted by atomic mass is 31.2. The first-order valence-electron chi connectivity index (χ1n) is 16.3. The molecule has 19 atom stereocenters. The molecule has 350 valence electrons. The number of amides is 1. The van der Waals surface area contributed by atoms with Crippen LogP contribution in [-0.4, -0.2) is 236 Å². The molecule has 0 aromatic heterocycles. The molecular weight excluding hydrogens is 868 g/mol. The molecule has 0 spiro atoms. The molecule has 0 radical (unpaired) electrons. The lowest BCUT2D eigenvalue weighted by atomic mass is 9.97. The van der Waals surface area contributed by atoms with Gasteiger partial charge in [-0.25, -0.2) is 9.82 Å². The number of aliphatic hydroxyl groups is 13. The SMILES string of the molecule is C.NC=O.O=P(O)(O)OCC1O[C@@H](O[C@@H]2C3CO[C@@H]2C(O)(O)[C@H](O)O3)C(O)[C@@H](O)[C@H]1O.O=[P+]([O-])OO.OCC1O[C@@H](O[C@@H]2C3CO[C@@H]2C(O)(O)[C@H](O)O3)C(O)[C@@H](O)[C@H]1O.[HH]. The number of hydrogen-bond donors (Lipinski definition) is 17. The zero-order chi connectivity index (χ0) is 44.1. The highest BCUT2D eigenvalue weighted by Crippen LogP contribution is 2.40. The minimum Gasteiger partial charge on any atom is -0.565 e. The van der Waals surface area contributed by atoms with Gasteiger partial charge in [-0.15, -0.1) is 0 Å². The Balaban J connectivity index is 0.000000499. The number of rotatable bonds is 9. The van der Waals surface area contributed by atoms with E-state index in [0.717, 1.165) is 0 Å². The number of phosphoric ester groups is 1. The third-order valence-corrected chi connectivity index (χ3v) is 9.57. The normalized spacial score (nSPS) is 43.2. The molecule has 0 aromatic carbocycles. The largest absolute Gasteiger partial charge is 0.565 e. The summed E-state index contributed by atoms with van der Waals surface area (Å²) < 4.78 is 68.2. The number of fused-ring (bicyclic) bond motifs is 4. The Kier molecular flexibility index (Phi) is 20.4. The number of carbonyl (C=O) groups excluding carboxylic acids is 1. The van der Waals surface area contributed by atoms with Crippen molar-refractivity contribution in [2.24, 2.45) is 5.73 Å². The Morgan fingerprint density at radius 3 is 1.44 bits per heavy atom. The average molecular weight is 920 g/mol. The van der Waals surface area contributed by atoms with Crippen LogP contribution >= 0.6 is 16.1 Å². The molecule has 6 aliphatic rings. The molecule has 7 unspecified atom stereocenters. The fraction of sp³-hybridized carbons (Fsp3) is 0.962. The summed E-state index contributed by atoms with van der Waals surface area (Å²) in [7, 11) is -7.94. The number of aliphatic hydroxyl groups excluding tert-OH is 9. The van der Waals surface area contributed by atoms with Crippen molar-refractivity contribution in [3.05, 3.63) is 0 Å². The Morgan fingerprint density at radius 1 is 0.746 bits per heavy atom. The lowest BCUT2D eigenvalue weighted by molar-refractivity contribution is -0.391. The zero-order valence-corrected chi connectivity index (χ0v) is 30.9. The Labute approximate surface area is 333 Å². The summed E-state index contributed by atoms with van der Waals surface area (Å²) >= 11 is 0. The van der Waals surface area contributed by atoms with Crippen LogP contribution in [0.5, 0.6) is 0 Å². The van der Waals surface area contributed by atoms with Gasteiger partial charge in [0.1, 0.15) is 85.5 Å². The molecule has 6 heterocycles. The maximum atomic E-state index is 10.8. The van der Waals surface area contributed by atoms with Crippen molar-refractivity contribution in [1.82, 2.24) is 0 Å². The highest BCUT2D eigenvalue weighted by Gasteiger charge is 2.63. The third-order valence-electron chi connectivity index (χ3n) is 8.95. The second-order valence-corrected chi connectivity index (χ2v) is 14.6. The van der Waals surface area contributed by atoms with Crippen LogP contribution < -0.4 is 10.6 Å². The summed E-state index contributed by atoms with van der Waals surface area (Å²) in [5.74, 6) is -5.55. The van der Waals surface area contributed by atoms with E-state index in [0.29, 0.717) is 0 Å². The molecule has 1 amide bonds. The topological polar surface area (TPSA) is 516 Å². The van der Waals surface area contributed by atoms with Gasteiger partial charge in [0.15, 0.2) is 12.6 Å². The lowest BCUT2D eigenvalue weighted by Crippen LogP contribution is -2.66. The van der Waals surface area contributed by atoms with E-state index in [1.54, 1.807) is 0 Å². The molecule has 31 nitrogen and oxygen atoms in total. The lowest BCUT2D eigenvalue weighted by Gasteiger charge is -2.45. The Hall–Kier alpha value is -1.28. The van der Waals surface area contributed by atoms with E-state index >= 15 is 0 Å². The van der Waals surface area contributed by atoms with E-state index in [2.05, 4.69) is 14.9 Å². The van der Waals surface area contributed by atoms with E-state index in [4.69, 9.17) is 72.3 Å². The van der Waals surface area contributed by atoms with Crippen LogP contribution in [0.2, 0.25) is 0 Å². The van der Waals surface area contributed by atoms with Gasteiger partial charge >= 0.3 is 16.1 Å². The van der Waals surface area contributed by atoms with Crippen molar-refractivity contribution in [2.45, 2.75) is 130 Å². The monoisotopic (exact) mass is 919 g/mol. The summed E-state index contributed by atoms with van der Waals surface area (Å²) in [6.45, 7) is -1.72. The minimum atomic E-state index is -4.89. The van der Waals surface area contributed by atoms with Gasteiger partial charge in [-0.1, -0.05) is 7.43 Å². The van der Waals surface area contributed by atoms with Crippen LogP contribution in [0.4, 0.5) is 0 Å². The molecule has 33 heteroatoms. The quantitative estimate of drug-likeness (QED) is 0.0336. The Morgan fingerprint density at radius 2 is 1.10 bits per heavy atom. The van der Waals surface area contributed by atoms with Gasteiger partial charge in [0.05, 0.1) is 26.4 Å². The summed E-state index contributed by atoms with van der Waals surface area (Å²) in [5, 5.41) is 134. The first-order valence-corrected chi connectivity index (χ1v) is 18.9. The van der Waals surface area contributed by atoms with Crippen molar-refractivity contribution in [3.8, 4) is 0 Å². The van der Waals surface area contributed by atoms with Gasteiger partial charge in [0.2, 0.25) is 30.6 Å². The van der Waals surface area contributed by atoms with Crippen LogP contribution in [-0.2, 0) is 61.0 Å². The van der Waals surface area contributed by atoms with Crippen LogP contribution in [0.1, 0.15) is 8.85 Å². The summed E-state index contributed by atoms with van der Waals surface area (Å²) in [6, 6.07) is 0. The summed E-state index contributed by atoms with van der Waals surface area (Å²) in [5.41, 5.74) is 4.17. The summed E-state index contributed by atoms with van der Waals surface area (Å²) in [6.07, 6.45) is -26.6. The number of nitrogens with two attached hydrogens (primary N) is 1. The van der Waals surface area contributed by atoms with E-state index in [-0.39, 0.29) is 28.5 Å².